The Morgan fingerprint density at radius 2 is 2.06 bits per heavy atom. The predicted octanol–water partition coefficient (Wildman–Crippen LogP) is 1.67. The molecule has 166 valence electrons. The van der Waals surface area contributed by atoms with Gasteiger partial charge in [0.2, 0.25) is 0 Å². The second kappa shape index (κ2) is 7.94. The molecular formula is C22H24FN7O2. The molecule has 2 saturated heterocycles. The second-order valence-electron chi connectivity index (χ2n) is 8.49. The fraction of sp³-hybridized carbons (Fsp3) is 0.409. The number of hydrogen-bond acceptors (Lipinski definition) is 8. The minimum absolute atomic E-state index is 0.0269. The zero-order valence-corrected chi connectivity index (χ0v) is 17.8. The Hall–Kier alpha value is -3.40. The summed E-state index contributed by atoms with van der Waals surface area (Å²) in [5.41, 5.74) is 1.06. The molecule has 2 fully saturated rings. The van der Waals surface area contributed by atoms with Crippen LogP contribution in [-0.4, -0.2) is 61.2 Å². The van der Waals surface area contributed by atoms with Crippen LogP contribution in [0.5, 0.6) is 5.75 Å². The number of aromatic nitrogens is 5. The minimum Gasteiger partial charge on any atom is -0.507 e. The van der Waals surface area contributed by atoms with Crippen LogP contribution in [0.1, 0.15) is 19.3 Å². The third kappa shape index (κ3) is 3.60. The smallest absolute Gasteiger partial charge is 0.350 e. The lowest BCUT2D eigenvalue weighted by Gasteiger charge is -2.38. The number of hydrogen-bond donors (Lipinski definition) is 2. The SMILES string of the molecule is CN(c1ccc(-c2ccc(-c3ncn(C)c(=O)n3)cc2O)nn1)[C@H]1CC2CCC(N2)[C@H]1F. The second-order valence-corrected chi connectivity index (χ2v) is 8.49. The summed E-state index contributed by atoms with van der Waals surface area (Å²) in [4.78, 5) is 21.6. The average Bonchev–Trinajstić information content (AvgIpc) is 3.21. The first kappa shape index (κ1) is 20.5. The number of benzene rings is 1. The maximum absolute atomic E-state index is 14.9. The highest BCUT2D eigenvalue weighted by molar-refractivity contribution is 5.72. The molecular weight excluding hydrogens is 413 g/mol. The zero-order valence-electron chi connectivity index (χ0n) is 17.8. The molecule has 0 amide bonds. The quantitative estimate of drug-likeness (QED) is 0.635. The monoisotopic (exact) mass is 437 g/mol. The normalized spacial score (nSPS) is 24.5. The van der Waals surface area contributed by atoms with E-state index in [1.165, 1.54) is 17.0 Å². The van der Waals surface area contributed by atoms with Gasteiger partial charge in [-0.25, -0.2) is 14.2 Å². The van der Waals surface area contributed by atoms with Crippen molar-refractivity contribution in [2.45, 2.75) is 43.6 Å². The number of nitrogens with zero attached hydrogens (tertiary/aromatic N) is 6. The number of aryl methyl sites for hydroxylation is 1. The summed E-state index contributed by atoms with van der Waals surface area (Å²) in [6.07, 6.45) is 3.06. The number of nitrogens with one attached hydrogen (secondary N) is 1. The lowest BCUT2D eigenvalue weighted by molar-refractivity contribution is 0.176. The summed E-state index contributed by atoms with van der Waals surface area (Å²) in [5, 5.41) is 22.4. The van der Waals surface area contributed by atoms with Crippen LogP contribution in [0.3, 0.4) is 0 Å². The van der Waals surface area contributed by atoms with Gasteiger partial charge < -0.3 is 15.3 Å². The number of phenolic OH excluding ortho intramolecular Hbond substituents is 1. The average molecular weight is 437 g/mol. The van der Waals surface area contributed by atoms with Crippen molar-refractivity contribution < 1.29 is 9.50 Å². The molecule has 3 aromatic rings. The van der Waals surface area contributed by atoms with Gasteiger partial charge in [-0.15, -0.1) is 10.2 Å². The Bertz CT molecular complexity index is 1200. The van der Waals surface area contributed by atoms with Gasteiger partial charge in [-0.05, 0) is 43.5 Å². The van der Waals surface area contributed by atoms with Gasteiger partial charge in [-0.1, -0.05) is 6.07 Å². The molecule has 2 N–H and O–H groups in total. The van der Waals surface area contributed by atoms with Crippen molar-refractivity contribution in [2.24, 2.45) is 7.05 Å². The van der Waals surface area contributed by atoms with E-state index >= 15 is 0 Å². The number of phenols is 1. The van der Waals surface area contributed by atoms with Crippen molar-refractivity contribution in [3.63, 3.8) is 0 Å². The highest BCUT2D eigenvalue weighted by atomic mass is 19.1. The molecule has 2 bridgehead atoms. The third-order valence-electron chi connectivity index (χ3n) is 6.45. The van der Waals surface area contributed by atoms with Crippen molar-refractivity contribution >= 4 is 5.82 Å². The molecule has 2 aliphatic rings. The minimum atomic E-state index is -0.950. The Balaban J connectivity index is 1.37. The van der Waals surface area contributed by atoms with Crippen LogP contribution in [0.4, 0.5) is 10.2 Å². The molecule has 10 heteroatoms. The number of anilines is 1. The zero-order chi connectivity index (χ0) is 22.4. The van der Waals surface area contributed by atoms with Crippen LogP contribution < -0.4 is 15.9 Å². The number of aromatic hydroxyl groups is 1. The van der Waals surface area contributed by atoms with Crippen LogP contribution in [0.15, 0.2) is 41.5 Å². The largest absolute Gasteiger partial charge is 0.507 e. The number of fused-ring (bicyclic) bond motifs is 2. The summed E-state index contributed by atoms with van der Waals surface area (Å²) in [6.45, 7) is 0. The summed E-state index contributed by atoms with van der Waals surface area (Å²) in [7, 11) is 3.41. The Labute approximate surface area is 184 Å². The summed E-state index contributed by atoms with van der Waals surface area (Å²) in [6, 6.07) is 8.46. The molecule has 32 heavy (non-hydrogen) atoms. The van der Waals surface area contributed by atoms with Gasteiger partial charge >= 0.3 is 5.69 Å². The predicted molar refractivity (Wildman–Crippen MR) is 117 cm³/mol. The molecule has 2 unspecified atom stereocenters. The number of piperidine rings is 1. The van der Waals surface area contributed by atoms with E-state index in [9.17, 15) is 14.3 Å². The molecule has 9 nitrogen and oxygen atoms in total. The molecule has 2 aliphatic heterocycles. The van der Waals surface area contributed by atoms with Crippen LogP contribution in [-0.2, 0) is 7.05 Å². The number of halogens is 1. The van der Waals surface area contributed by atoms with Crippen molar-refractivity contribution in [1.29, 1.82) is 0 Å². The van der Waals surface area contributed by atoms with E-state index in [1.54, 1.807) is 31.3 Å². The fourth-order valence-electron chi connectivity index (χ4n) is 4.59. The van der Waals surface area contributed by atoms with E-state index in [4.69, 9.17) is 0 Å². The molecule has 1 aromatic carbocycles. The molecule has 0 aliphatic carbocycles. The Kier molecular flexibility index (Phi) is 5.09. The van der Waals surface area contributed by atoms with Crippen LogP contribution in [0.2, 0.25) is 0 Å². The van der Waals surface area contributed by atoms with Gasteiger partial charge in [0.1, 0.15) is 18.2 Å². The topological polar surface area (TPSA) is 109 Å². The number of alkyl halides is 1. The summed E-state index contributed by atoms with van der Waals surface area (Å²) in [5.74, 6) is 0.794. The number of rotatable bonds is 4. The molecule has 0 radical (unpaired) electrons. The molecule has 2 aromatic heterocycles. The van der Waals surface area contributed by atoms with Crippen molar-refractivity contribution in [1.82, 2.24) is 30.0 Å². The Morgan fingerprint density at radius 1 is 1.22 bits per heavy atom. The van der Waals surface area contributed by atoms with Gasteiger partial charge in [0.15, 0.2) is 11.6 Å². The first-order chi connectivity index (χ1) is 15.4. The molecule has 5 rings (SSSR count). The highest BCUT2D eigenvalue weighted by Gasteiger charge is 2.43. The van der Waals surface area contributed by atoms with Crippen molar-refractivity contribution in [3.8, 4) is 28.4 Å². The molecule has 4 heterocycles. The summed E-state index contributed by atoms with van der Waals surface area (Å²) < 4.78 is 16.2. The van der Waals surface area contributed by atoms with Crippen LogP contribution >= 0.6 is 0 Å². The third-order valence-corrected chi connectivity index (χ3v) is 6.45. The van der Waals surface area contributed by atoms with E-state index in [2.05, 4.69) is 25.5 Å². The van der Waals surface area contributed by atoms with E-state index in [0.717, 1.165) is 19.3 Å². The summed E-state index contributed by atoms with van der Waals surface area (Å²) >= 11 is 0. The lowest BCUT2D eigenvalue weighted by Crippen LogP contribution is -2.55. The fourth-order valence-corrected chi connectivity index (χ4v) is 4.59. The van der Waals surface area contributed by atoms with Crippen molar-refractivity contribution in [3.05, 3.63) is 47.1 Å². The molecule has 0 saturated carbocycles. The maximum Gasteiger partial charge on any atom is 0.350 e. The molecule has 4 atom stereocenters. The first-order valence-corrected chi connectivity index (χ1v) is 10.6. The standard InChI is InChI=1S/C22H24FN7O2/c1-29-11-24-21(26-22(29)32)12-3-5-14(18(31)9-12)15-7-8-19(28-27-15)30(2)17-10-13-4-6-16(25-13)20(17)23/h3,5,7-9,11,13,16-17,20,25,31H,4,6,10H2,1-2H3/t13?,16?,17-,20+/m0/s1. The van der Waals surface area contributed by atoms with Crippen molar-refractivity contribution in [2.75, 3.05) is 11.9 Å². The van der Waals surface area contributed by atoms with Gasteiger partial charge in [0.25, 0.3) is 0 Å². The van der Waals surface area contributed by atoms with Gasteiger partial charge in [0, 0.05) is 37.3 Å². The van der Waals surface area contributed by atoms with E-state index in [1.807, 2.05) is 11.9 Å². The van der Waals surface area contributed by atoms with E-state index in [-0.39, 0.29) is 23.7 Å². The highest BCUT2D eigenvalue weighted by Crippen LogP contribution is 2.34. The van der Waals surface area contributed by atoms with Crippen LogP contribution in [0, 0.1) is 0 Å². The lowest BCUT2D eigenvalue weighted by atomic mass is 9.96. The van der Waals surface area contributed by atoms with E-state index in [0.29, 0.717) is 28.7 Å². The van der Waals surface area contributed by atoms with Gasteiger partial charge in [-0.3, -0.25) is 4.57 Å². The van der Waals surface area contributed by atoms with Gasteiger partial charge in [-0.2, -0.15) is 4.98 Å². The van der Waals surface area contributed by atoms with Crippen LogP contribution in [0.25, 0.3) is 22.6 Å². The van der Waals surface area contributed by atoms with E-state index < -0.39 is 11.9 Å². The maximum atomic E-state index is 14.9. The van der Waals surface area contributed by atoms with Gasteiger partial charge in [0.05, 0.1) is 11.7 Å². The first-order valence-electron chi connectivity index (χ1n) is 10.6. The Morgan fingerprint density at radius 3 is 2.78 bits per heavy atom. The molecule has 0 spiro atoms.